The predicted octanol–water partition coefficient (Wildman–Crippen LogP) is 4.52. The second kappa shape index (κ2) is 6.50. The Bertz CT molecular complexity index is 671. The minimum Gasteiger partial charge on any atom is -0.478 e. The van der Waals surface area contributed by atoms with Gasteiger partial charge in [-0.25, -0.2) is 4.79 Å². The van der Waals surface area contributed by atoms with Gasteiger partial charge in [-0.05, 0) is 43.7 Å². The van der Waals surface area contributed by atoms with Crippen molar-refractivity contribution in [3.8, 4) is 0 Å². The second-order valence-corrected chi connectivity index (χ2v) is 5.08. The van der Waals surface area contributed by atoms with Crippen LogP contribution in [0.4, 0.5) is 17.1 Å². The lowest BCUT2D eigenvalue weighted by molar-refractivity contribution is 0.0698. The number of carboxylic acids is 1. The Hall–Kier alpha value is -2.20. The van der Waals surface area contributed by atoms with E-state index in [-0.39, 0.29) is 5.56 Å². The van der Waals surface area contributed by atoms with Crippen LogP contribution in [0, 0.1) is 6.92 Å². The Morgan fingerprint density at radius 2 is 2.00 bits per heavy atom. The molecule has 0 aliphatic carbocycles. The van der Waals surface area contributed by atoms with E-state index in [1.54, 1.807) is 24.3 Å². The third-order valence-corrected chi connectivity index (χ3v) is 3.36. The second-order valence-electron chi connectivity index (χ2n) is 4.67. The normalized spacial score (nSPS) is 10.2. The molecule has 0 fully saturated rings. The number of carboxylic acid groups (broad SMARTS) is 1. The Labute approximate surface area is 128 Å². The highest BCUT2D eigenvalue weighted by atomic mass is 35.5. The fourth-order valence-electron chi connectivity index (χ4n) is 2.08. The van der Waals surface area contributed by atoms with Gasteiger partial charge in [-0.1, -0.05) is 23.7 Å². The number of nitrogens with one attached hydrogen (secondary N) is 2. The first-order chi connectivity index (χ1) is 10.0. The lowest BCUT2D eigenvalue weighted by Gasteiger charge is -2.16. The summed E-state index contributed by atoms with van der Waals surface area (Å²) in [7, 11) is 0. The summed E-state index contributed by atoms with van der Waals surface area (Å²) < 4.78 is 0. The van der Waals surface area contributed by atoms with Crippen molar-refractivity contribution in [1.29, 1.82) is 0 Å². The zero-order chi connectivity index (χ0) is 15.4. The molecule has 0 bridgehead atoms. The van der Waals surface area contributed by atoms with Crippen LogP contribution < -0.4 is 10.6 Å². The van der Waals surface area contributed by atoms with Crippen molar-refractivity contribution in [1.82, 2.24) is 0 Å². The van der Waals surface area contributed by atoms with Crippen molar-refractivity contribution >= 4 is 34.6 Å². The molecule has 0 amide bonds. The van der Waals surface area contributed by atoms with E-state index in [9.17, 15) is 9.90 Å². The summed E-state index contributed by atoms with van der Waals surface area (Å²) in [4.78, 5) is 11.3. The molecule has 0 unspecified atom stereocenters. The zero-order valence-corrected chi connectivity index (χ0v) is 12.7. The number of carbonyl (C=O) groups is 1. The van der Waals surface area contributed by atoms with E-state index in [1.165, 1.54) is 0 Å². The topological polar surface area (TPSA) is 61.4 Å². The quantitative estimate of drug-likeness (QED) is 0.760. The average molecular weight is 305 g/mol. The number of para-hydroxylation sites is 1. The van der Waals surface area contributed by atoms with Crippen LogP contribution in [0.25, 0.3) is 0 Å². The van der Waals surface area contributed by atoms with E-state index < -0.39 is 5.97 Å². The highest BCUT2D eigenvalue weighted by Crippen LogP contribution is 2.33. The van der Waals surface area contributed by atoms with Gasteiger partial charge in [0, 0.05) is 6.54 Å². The first-order valence-corrected chi connectivity index (χ1v) is 7.04. The molecule has 0 atom stereocenters. The Kier molecular flexibility index (Phi) is 4.70. The molecule has 0 aliphatic rings. The predicted molar refractivity (Wildman–Crippen MR) is 87.0 cm³/mol. The van der Waals surface area contributed by atoms with Crippen LogP contribution in [-0.4, -0.2) is 17.6 Å². The molecule has 2 aromatic carbocycles. The smallest absolute Gasteiger partial charge is 0.337 e. The van der Waals surface area contributed by atoms with Crippen molar-refractivity contribution in [3.05, 3.63) is 52.5 Å². The molecule has 0 spiro atoms. The number of hydrogen-bond donors (Lipinski definition) is 3. The largest absolute Gasteiger partial charge is 0.478 e. The summed E-state index contributed by atoms with van der Waals surface area (Å²) in [6, 6.07) is 10.6. The van der Waals surface area contributed by atoms with Crippen LogP contribution in [0.5, 0.6) is 0 Å². The fraction of sp³-hybridized carbons (Fsp3) is 0.188. The molecule has 2 aromatic rings. The molecule has 0 aliphatic heterocycles. The highest BCUT2D eigenvalue weighted by molar-refractivity contribution is 6.34. The highest BCUT2D eigenvalue weighted by Gasteiger charge is 2.12. The van der Waals surface area contributed by atoms with E-state index in [4.69, 9.17) is 11.6 Å². The summed E-state index contributed by atoms with van der Waals surface area (Å²) in [5, 5.41) is 16.2. The molecule has 0 radical (unpaired) electrons. The van der Waals surface area contributed by atoms with Crippen LogP contribution in [0.2, 0.25) is 5.02 Å². The SMILES string of the molecule is CCNc1c(Cl)cccc1Nc1cc(C)ccc1C(=O)O. The molecule has 5 heteroatoms. The van der Waals surface area contributed by atoms with Crippen LogP contribution in [-0.2, 0) is 0 Å². The van der Waals surface area contributed by atoms with Gasteiger partial charge in [0.05, 0.1) is 27.6 Å². The third-order valence-electron chi connectivity index (χ3n) is 3.04. The average Bonchev–Trinajstić information content (AvgIpc) is 2.42. The molecular weight excluding hydrogens is 288 g/mol. The first-order valence-electron chi connectivity index (χ1n) is 6.66. The van der Waals surface area contributed by atoms with E-state index in [2.05, 4.69) is 10.6 Å². The van der Waals surface area contributed by atoms with E-state index in [0.29, 0.717) is 10.7 Å². The van der Waals surface area contributed by atoms with Crippen molar-refractivity contribution in [2.24, 2.45) is 0 Å². The van der Waals surface area contributed by atoms with Gasteiger partial charge < -0.3 is 15.7 Å². The number of hydrogen-bond acceptors (Lipinski definition) is 3. The van der Waals surface area contributed by atoms with E-state index in [1.807, 2.05) is 26.0 Å². The number of halogens is 1. The molecule has 0 aromatic heterocycles. The van der Waals surface area contributed by atoms with Crippen LogP contribution in [0.3, 0.4) is 0 Å². The standard InChI is InChI=1S/C16H17ClN2O2/c1-3-18-15-12(17)5-4-6-13(15)19-14-9-10(2)7-8-11(14)16(20)21/h4-9,18-19H,3H2,1-2H3,(H,20,21). The van der Waals surface area contributed by atoms with Gasteiger partial charge in [0.2, 0.25) is 0 Å². The van der Waals surface area contributed by atoms with Crippen molar-refractivity contribution < 1.29 is 9.90 Å². The fourth-order valence-corrected chi connectivity index (χ4v) is 2.32. The monoisotopic (exact) mass is 304 g/mol. The van der Waals surface area contributed by atoms with Crippen LogP contribution >= 0.6 is 11.6 Å². The molecule has 4 nitrogen and oxygen atoms in total. The number of anilines is 3. The number of aromatic carboxylic acids is 1. The van der Waals surface area contributed by atoms with Gasteiger partial charge in [0.15, 0.2) is 0 Å². The number of rotatable bonds is 5. The molecule has 0 saturated carbocycles. The molecule has 110 valence electrons. The summed E-state index contributed by atoms with van der Waals surface area (Å²) in [5.41, 5.74) is 3.26. The van der Waals surface area contributed by atoms with Crippen LogP contribution in [0.1, 0.15) is 22.8 Å². The Balaban J connectivity index is 2.45. The molecule has 2 rings (SSSR count). The lowest BCUT2D eigenvalue weighted by atomic mass is 10.1. The first kappa shape index (κ1) is 15.2. The summed E-state index contributed by atoms with van der Waals surface area (Å²) in [5.74, 6) is -0.968. The van der Waals surface area contributed by atoms with E-state index in [0.717, 1.165) is 23.5 Å². The maximum absolute atomic E-state index is 11.3. The number of benzene rings is 2. The van der Waals surface area contributed by atoms with Crippen molar-refractivity contribution in [2.75, 3.05) is 17.2 Å². The third kappa shape index (κ3) is 3.47. The number of aryl methyl sites for hydroxylation is 1. The lowest BCUT2D eigenvalue weighted by Crippen LogP contribution is -2.06. The van der Waals surface area contributed by atoms with Gasteiger partial charge in [0.25, 0.3) is 0 Å². The van der Waals surface area contributed by atoms with Crippen LogP contribution in [0.15, 0.2) is 36.4 Å². The Morgan fingerprint density at radius 1 is 1.24 bits per heavy atom. The maximum atomic E-state index is 11.3. The van der Waals surface area contributed by atoms with Crippen molar-refractivity contribution in [3.63, 3.8) is 0 Å². The molecule has 3 N–H and O–H groups in total. The molecule has 21 heavy (non-hydrogen) atoms. The minimum absolute atomic E-state index is 0.225. The van der Waals surface area contributed by atoms with Crippen molar-refractivity contribution in [2.45, 2.75) is 13.8 Å². The molecule has 0 heterocycles. The molecule has 0 saturated heterocycles. The van der Waals surface area contributed by atoms with Gasteiger partial charge in [-0.3, -0.25) is 0 Å². The van der Waals surface area contributed by atoms with Gasteiger partial charge >= 0.3 is 5.97 Å². The Morgan fingerprint density at radius 3 is 2.67 bits per heavy atom. The van der Waals surface area contributed by atoms with Gasteiger partial charge in [-0.15, -0.1) is 0 Å². The zero-order valence-electron chi connectivity index (χ0n) is 11.9. The summed E-state index contributed by atoms with van der Waals surface area (Å²) in [6.45, 7) is 4.61. The van der Waals surface area contributed by atoms with Gasteiger partial charge in [-0.2, -0.15) is 0 Å². The van der Waals surface area contributed by atoms with Gasteiger partial charge in [0.1, 0.15) is 0 Å². The maximum Gasteiger partial charge on any atom is 0.337 e. The summed E-state index contributed by atoms with van der Waals surface area (Å²) >= 11 is 6.19. The molecular formula is C16H17ClN2O2. The van der Waals surface area contributed by atoms with E-state index >= 15 is 0 Å². The minimum atomic E-state index is -0.968. The summed E-state index contributed by atoms with van der Waals surface area (Å²) in [6.07, 6.45) is 0.